The molecular weight excluding hydrogens is 419 g/mol. The van der Waals surface area contributed by atoms with Crippen LogP contribution in [0.5, 0.6) is 0 Å². The van der Waals surface area contributed by atoms with Gasteiger partial charge in [0.05, 0.1) is 21.8 Å². The topological polar surface area (TPSA) is 55.1 Å². The number of rotatable bonds is 3. The van der Waals surface area contributed by atoms with Crippen LogP contribution in [0.4, 0.5) is 5.69 Å². The molecule has 0 atom stereocenters. The van der Waals surface area contributed by atoms with Gasteiger partial charge in [0, 0.05) is 10.4 Å². The fraction of sp³-hybridized carbons (Fsp3) is 0. The van der Waals surface area contributed by atoms with Crippen molar-refractivity contribution in [1.29, 1.82) is 0 Å². The van der Waals surface area contributed by atoms with E-state index in [0.29, 0.717) is 33.3 Å². The van der Waals surface area contributed by atoms with E-state index in [9.17, 15) is 4.79 Å². The van der Waals surface area contributed by atoms with Crippen LogP contribution in [0, 0.1) is 0 Å². The molecule has 4 nitrogen and oxygen atoms in total. The molecule has 0 aliphatic carbocycles. The van der Waals surface area contributed by atoms with Gasteiger partial charge < -0.3 is 9.73 Å². The maximum absolute atomic E-state index is 12.8. The highest BCUT2D eigenvalue weighted by Crippen LogP contribution is 2.33. The SMILES string of the molecule is O=C(Nc1ccccc1-c1nc2c(ccc3ccccc32)o1)c1ccc(Cl)cc1Cl. The monoisotopic (exact) mass is 432 g/mol. The zero-order chi connectivity index (χ0) is 20.7. The molecular formula is C24H14Cl2N2O2. The number of halogens is 2. The number of aromatic nitrogens is 1. The number of para-hydroxylation sites is 1. The largest absolute Gasteiger partial charge is 0.436 e. The molecule has 0 aliphatic heterocycles. The van der Waals surface area contributed by atoms with Crippen LogP contribution in [0.15, 0.2) is 83.3 Å². The molecule has 30 heavy (non-hydrogen) atoms. The van der Waals surface area contributed by atoms with Crippen molar-refractivity contribution in [3.8, 4) is 11.5 Å². The first-order valence-electron chi connectivity index (χ1n) is 9.24. The summed E-state index contributed by atoms with van der Waals surface area (Å²) in [7, 11) is 0. The summed E-state index contributed by atoms with van der Waals surface area (Å²) >= 11 is 12.1. The first-order chi connectivity index (χ1) is 14.6. The highest BCUT2D eigenvalue weighted by molar-refractivity contribution is 6.37. The number of carbonyl (C=O) groups is 1. The lowest BCUT2D eigenvalue weighted by atomic mass is 10.1. The quantitative estimate of drug-likeness (QED) is 0.327. The van der Waals surface area contributed by atoms with Crippen LogP contribution >= 0.6 is 23.2 Å². The number of fused-ring (bicyclic) bond motifs is 3. The maximum Gasteiger partial charge on any atom is 0.257 e. The van der Waals surface area contributed by atoms with Crippen molar-refractivity contribution in [1.82, 2.24) is 4.98 Å². The van der Waals surface area contributed by atoms with Gasteiger partial charge in [-0.05, 0) is 41.8 Å². The predicted octanol–water partition coefficient (Wildman–Crippen LogP) is 7.21. The molecule has 0 saturated carbocycles. The number of oxazole rings is 1. The molecule has 1 amide bonds. The van der Waals surface area contributed by atoms with Crippen molar-refractivity contribution in [2.24, 2.45) is 0 Å². The molecule has 0 fully saturated rings. The fourth-order valence-electron chi connectivity index (χ4n) is 3.42. The van der Waals surface area contributed by atoms with Gasteiger partial charge in [0.15, 0.2) is 5.58 Å². The molecule has 1 aromatic heterocycles. The number of carbonyl (C=O) groups excluding carboxylic acids is 1. The lowest BCUT2D eigenvalue weighted by molar-refractivity contribution is 0.102. The fourth-order valence-corrected chi connectivity index (χ4v) is 3.91. The third-order valence-electron chi connectivity index (χ3n) is 4.86. The lowest BCUT2D eigenvalue weighted by Gasteiger charge is -2.10. The number of amides is 1. The molecule has 0 aliphatic rings. The molecule has 5 aromatic rings. The molecule has 1 N–H and O–H groups in total. The molecule has 5 rings (SSSR count). The zero-order valence-electron chi connectivity index (χ0n) is 15.5. The summed E-state index contributed by atoms with van der Waals surface area (Å²) in [5.41, 5.74) is 3.05. The Hall–Kier alpha value is -3.34. The normalized spacial score (nSPS) is 11.1. The van der Waals surface area contributed by atoms with Crippen LogP contribution in [0.1, 0.15) is 10.4 Å². The number of benzene rings is 4. The Morgan fingerprint density at radius 2 is 1.70 bits per heavy atom. The average molecular weight is 433 g/mol. The zero-order valence-corrected chi connectivity index (χ0v) is 17.0. The van der Waals surface area contributed by atoms with Gasteiger partial charge in [-0.15, -0.1) is 0 Å². The van der Waals surface area contributed by atoms with Gasteiger partial charge in [0.1, 0.15) is 5.52 Å². The van der Waals surface area contributed by atoms with Gasteiger partial charge in [0.2, 0.25) is 5.89 Å². The van der Waals surface area contributed by atoms with Gasteiger partial charge in [0.25, 0.3) is 5.91 Å². The van der Waals surface area contributed by atoms with E-state index >= 15 is 0 Å². The van der Waals surface area contributed by atoms with Crippen molar-refractivity contribution in [3.05, 3.63) is 94.5 Å². The van der Waals surface area contributed by atoms with Gasteiger partial charge in [-0.25, -0.2) is 4.98 Å². The Morgan fingerprint density at radius 3 is 2.57 bits per heavy atom. The lowest BCUT2D eigenvalue weighted by Crippen LogP contribution is -2.13. The summed E-state index contributed by atoms with van der Waals surface area (Å²) < 4.78 is 6.02. The Balaban J connectivity index is 1.56. The third-order valence-corrected chi connectivity index (χ3v) is 5.41. The second-order valence-electron chi connectivity index (χ2n) is 6.78. The van der Waals surface area contributed by atoms with Crippen LogP contribution in [0.3, 0.4) is 0 Å². The summed E-state index contributed by atoms with van der Waals surface area (Å²) in [6.45, 7) is 0. The van der Waals surface area contributed by atoms with E-state index in [1.807, 2.05) is 54.6 Å². The van der Waals surface area contributed by atoms with Crippen molar-refractivity contribution in [2.75, 3.05) is 5.32 Å². The van der Waals surface area contributed by atoms with E-state index in [0.717, 1.165) is 16.3 Å². The Bertz CT molecular complexity index is 1430. The first-order valence-corrected chi connectivity index (χ1v) is 10.00. The number of nitrogens with one attached hydrogen (secondary N) is 1. The Kier molecular flexibility index (Phi) is 4.66. The van der Waals surface area contributed by atoms with Crippen LogP contribution in [0.25, 0.3) is 33.3 Å². The Labute approximate surface area is 182 Å². The molecule has 0 saturated heterocycles. The van der Waals surface area contributed by atoms with Crippen LogP contribution in [-0.4, -0.2) is 10.9 Å². The second-order valence-corrected chi connectivity index (χ2v) is 7.62. The average Bonchev–Trinajstić information content (AvgIpc) is 3.19. The molecule has 0 spiro atoms. The molecule has 1 heterocycles. The summed E-state index contributed by atoms with van der Waals surface area (Å²) in [5.74, 6) is 0.0881. The summed E-state index contributed by atoms with van der Waals surface area (Å²) in [5, 5.41) is 5.75. The van der Waals surface area contributed by atoms with Crippen molar-refractivity contribution >= 4 is 56.7 Å². The van der Waals surface area contributed by atoms with Crippen molar-refractivity contribution < 1.29 is 9.21 Å². The molecule has 6 heteroatoms. The molecule has 4 aromatic carbocycles. The standard InChI is InChI=1S/C24H14Cl2N2O2/c25-15-10-11-17(19(26)13-15)23(29)27-20-8-4-3-7-18(20)24-28-22-16-6-2-1-5-14(16)9-12-21(22)30-24/h1-13H,(H,27,29). The van der Waals surface area contributed by atoms with Crippen molar-refractivity contribution in [2.45, 2.75) is 0 Å². The number of anilines is 1. The van der Waals surface area contributed by atoms with Crippen LogP contribution < -0.4 is 5.32 Å². The van der Waals surface area contributed by atoms with E-state index in [1.165, 1.54) is 6.07 Å². The van der Waals surface area contributed by atoms with E-state index in [-0.39, 0.29) is 10.9 Å². The predicted molar refractivity (Wildman–Crippen MR) is 121 cm³/mol. The first kappa shape index (κ1) is 18.7. The Morgan fingerprint density at radius 1 is 0.900 bits per heavy atom. The number of nitrogens with zero attached hydrogens (tertiary/aromatic N) is 1. The highest BCUT2D eigenvalue weighted by Gasteiger charge is 2.17. The highest BCUT2D eigenvalue weighted by atomic mass is 35.5. The molecule has 0 unspecified atom stereocenters. The smallest absolute Gasteiger partial charge is 0.257 e. The van der Waals surface area contributed by atoms with Gasteiger partial charge >= 0.3 is 0 Å². The van der Waals surface area contributed by atoms with E-state index in [2.05, 4.69) is 5.32 Å². The van der Waals surface area contributed by atoms with Crippen molar-refractivity contribution in [3.63, 3.8) is 0 Å². The van der Waals surface area contributed by atoms with E-state index in [1.54, 1.807) is 18.2 Å². The summed E-state index contributed by atoms with van der Waals surface area (Å²) in [6, 6.07) is 24.0. The third kappa shape index (κ3) is 3.30. The number of hydrogen-bond acceptors (Lipinski definition) is 3. The molecule has 0 bridgehead atoms. The molecule has 0 radical (unpaired) electrons. The molecule has 146 valence electrons. The minimum absolute atomic E-state index is 0.283. The van der Waals surface area contributed by atoms with Gasteiger partial charge in [-0.1, -0.05) is 65.7 Å². The summed E-state index contributed by atoms with van der Waals surface area (Å²) in [6.07, 6.45) is 0. The summed E-state index contributed by atoms with van der Waals surface area (Å²) in [4.78, 5) is 17.5. The number of hydrogen-bond donors (Lipinski definition) is 1. The minimum Gasteiger partial charge on any atom is -0.436 e. The van der Waals surface area contributed by atoms with E-state index < -0.39 is 0 Å². The van der Waals surface area contributed by atoms with E-state index in [4.69, 9.17) is 32.6 Å². The van der Waals surface area contributed by atoms with Gasteiger partial charge in [-0.3, -0.25) is 4.79 Å². The maximum atomic E-state index is 12.8. The second kappa shape index (κ2) is 7.48. The van der Waals surface area contributed by atoms with Gasteiger partial charge in [-0.2, -0.15) is 0 Å². The minimum atomic E-state index is -0.342. The van der Waals surface area contributed by atoms with Crippen LogP contribution in [-0.2, 0) is 0 Å². The van der Waals surface area contributed by atoms with Crippen LogP contribution in [0.2, 0.25) is 10.0 Å².